The molecule has 2 atom stereocenters. The first-order valence-corrected chi connectivity index (χ1v) is 9.91. The van der Waals surface area contributed by atoms with Gasteiger partial charge in [-0.25, -0.2) is 0 Å². The van der Waals surface area contributed by atoms with E-state index in [4.69, 9.17) is 4.74 Å². The Labute approximate surface area is 164 Å². The average molecular weight is 386 g/mol. The Morgan fingerprint density at radius 3 is 2.89 bits per heavy atom. The zero-order chi connectivity index (χ0) is 19.5. The van der Waals surface area contributed by atoms with Crippen LogP contribution in [0, 0.1) is 0 Å². The molecule has 8 nitrogen and oxygen atoms in total. The van der Waals surface area contributed by atoms with Crippen molar-refractivity contribution in [2.24, 2.45) is 0 Å². The number of carbonyl (C=O) groups is 3. The molecule has 2 fully saturated rings. The highest BCUT2D eigenvalue weighted by atomic mass is 16.5. The van der Waals surface area contributed by atoms with Gasteiger partial charge in [0.2, 0.25) is 11.8 Å². The highest BCUT2D eigenvalue weighted by molar-refractivity contribution is 6.05. The van der Waals surface area contributed by atoms with Crippen LogP contribution in [0.1, 0.15) is 40.7 Å². The second-order valence-electron chi connectivity index (χ2n) is 7.55. The quantitative estimate of drug-likeness (QED) is 0.448. The molecule has 0 saturated carbocycles. The molecule has 3 N–H and O–H groups in total. The highest BCUT2D eigenvalue weighted by Crippen LogP contribution is 2.28. The lowest BCUT2D eigenvalue weighted by molar-refractivity contribution is -0.136. The number of piperidine rings is 1. The fourth-order valence-electron chi connectivity index (χ4n) is 4.04. The molecule has 3 amide bonds. The number of imide groups is 1. The van der Waals surface area contributed by atoms with Gasteiger partial charge in [0.05, 0.1) is 12.7 Å². The fraction of sp³-hybridized carbons (Fsp3) is 0.550. The molecule has 3 aliphatic rings. The molecule has 2 unspecified atom stereocenters. The lowest BCUT2D eigenvalue weighted by Gasteiger charge is -2.29. The van der Waals surface area contributed by atoms with Gasteiger partial charge in [-0.15, -0.1) is 0 Å². The van der Waals surface area contributed by atoms with E-state index in [1.165, 1.54) is 0 Å². The molecular formula is C20H26N4O4. The van der Waals surface area contributed by atoms with Gasteiger partial charge in [0.15, 0.2) is 0 Å². The summed E-state index contributed by atoms with van der Waals surface area (Å²) in [5, 5.41) is 8.98. The van der Waals surface area contributed by atoms with E-state index in [9.17, 15) is 14.4 Å². The Bertz CT molecular complexity index is 775. The first-order chi connectivity index (χ1) is 13.6. The molecule has 1 aromatic carbocycles. The normalized spacial score (nSPS) is 24.6. The summed E-state index contributed by atoms with van der Waals surface area (Å²) in [6.45, 7) is 4.52. The molecule has 28 heavy (non-hydrogen) atoms. The first kappa shape index (κ1) is 19.0. The summed E-state index contributed by atoms with van der Waals surface area (Å²) in [6, 6.07) is 5.23. The van der Waals surface area contributed by atoms with Gasteiger partial charge in [0, 0.05) is 38.2 Å². The SMILES string of the molecule is O=C1CCC(N2Cc3cc(CNCCOC4CCNC4)ccc3C2=O)C(=O)N1. The second-order valence-corrected chi connectivity index (χ2v) is 7.55. The smallest absolute Gasteiger partial charge is 0.255 e. The Morgan fingerprint density at radius 2 is 2.11 bits per heavy atom. The Kier molecular flexibility index (Phi) is 5.70. The van der Waals surface area contributed by atoms with Crippen LogP contribution in [-0.2, 0) is 27.4 Å². The third-order valence-corrected chi connectivity index (χ3v) is 5.56. The molecule has 150 valence electrons. The van der Waals surface area contributed by atoms with Crippen molar-refractivity contribution in [3.8, 4) is 0 Å². The van der Waals surface area contributed by atoms with Crippen molar-refractivity contribution in [1.82, 2.24) is 20.9 Å². The zero-order valence-electron chi connectivity index (χ0n) is 15.8. The Balaban J connectivity index is 1.29. The number of carbonyl (C=O) groups excluding carboxylic acids is 3. The van der Waals surface area contributed by atoms with E-state index in [2.05, 4.69) is 16.0 Å². The Morgan fingerprint density at radius 1 is 1.21 bits per heavy atom. The van der Waals surface area contributed by atoms with E-state index in [0.29, 0.717) is 37.8 Å². The predicted molar refractivity (Wildman–Crippen MR) is 101 cm³/mol. The van der Waals surface area contributed by atoms with Crippen LogP contribution < -0.4 is 16.0 Å². The minimum absolute atomic E-state index is 0.136. The molecule has 1 aromatic rings. The standard InChI is InChI=1S/C20H26N4O4/c25-18-4-3-17(19(26)23-18)24-12-14-9-13(1-2-16(14)20(24)27)10-22-7-8-28-15-5-6-21-11-15/h1-2,9,15,17,21-22H,3-8,10-12H2,(H,23,25,26). The number of hydrogen-bond acceptors (Lipinski definition) is 6. The van der Waals surface area contributed by atoms with Crippen LogP contribution >= 0.6 is 0 Å². The van der Waals surface area contributed by atoms with E-state index in [1.807, 2.05) is 18.2 Å². The minimum atomic E-state index is -0.568. The molecule has 0 aliphatic carbocycles. The topological polar surface area (TPSA) is 99.8 Å². The van der Waals surface area contributed by atoms with Gasteiger partial charge >= 0.3 is 0 Å². The maximum absolute atomic E-state index is 12.7. The van der Waals surface area contributed by atoms with E-state index in [1.54, 1.807) is 4.90 Å². The summed E-state index contributed by atoms with van der Waals surface area (Å²) in [6.07, 6.45) is 2.05. The molecule has 0 radical (unpaired) electrons. The van der Waals surface area contributed by atoms with Gasteiger partial charge in [-0.2, -0.15) is 0 Å². The van der Waals surface area contributed by atoms with Crippen LogP contribution in [0.15, 0.2) is 18.2 Å². The summed E-state index contributed by atoms with van der Waals surface area (Å²) in [7, 11) is 0. The first-order valence-electron chi connectivity index (χ1n) is 9.91. The van der Waals surface area contributed by atoms with Crippen molar-refractivity contribution in [2.45, 2.75) is 44.5 Å². The number of nitrogens with one attached hydrogen (secondary N) is 3. The van der Waals surface area contributed by atoms with Crippen LogP contribution in [0.3, 0.4) is 0 Å². The van der Waals surface area contributed by atoms with E-state index in [-0.39, 0.29) is 24.1 Å². The maximum atomic E-state index is 12.7. The van der Waals surface area contributed by atoms with Gasteiger partial charge < -0.3 is 20.3 Å². The number of nitrogens with zero attached hydrogens (tertiary/aromatic N) is 1. The molecule has 2 saturated heterocycles. The summed E-state index contributed by atoms with van der Waals surface area (Å²) in [5.74, 6) is -0.786. The van der Waals surface area contributed by atoms with Crippen molar-refractivity contribution in [3.05, 3.63) is 34.9 Å². The van der Waals surface area contributed by atoms with Crippen molar-refractivity contribution >= 4 is 17.7 Å². The van der Waals surface area contributed by atoms with Crippen LogP contribution in [0.5, 0.6) is 0 Å². The monoisotopic (exact) mass is 386 g/mol. The third kappa shape index (κ3) is 4.09. The van der Waals surface area contributed by atoms with Gasteiger partial charge in [-0.1, -0.05) is 12.1 Å². The summed E-state index contributed by atoms with van der Waals surface area (Å²) < 4.78 is 5.79. The number of amides is 3. The molecule has 4 rings (SSSR count). The Hall–Kier alpha value is -2.29. The van der Waals surface area contributed by atoms with Crippen LogP contribution in [-0.4, -0.2) is 61.0 Å². The molecule has 8 heteroatoms. The summed E-state index contributed by atoms with van der Waals surface area (Å²) in [5.41, 5.74) is 2.67. The van der Waals surface area contributed by atoms with Crippen LogP contribution in [0.4, 0.5) is 0 Å². The highest BCUT2D eigenvalue weighted by Gasteiger charge is 2.38. The fourth-order valence-corrected chi connectivity index (χ4v) is 4.04. The van der Waals surface area contributed by atoms with Crippen molar-refractivity contribution in [2.75, 3.05) is 26.2 Å². The van der Waals surface area contributed by atoms with E-state index in [0.717, 1.165) is 37.2 Å². The molecule has 0 aromatic heterocycles. The van der Waals surface area contributed by atoms with Gasteiger partial charge in [0.25, 0.3) is 5.91 Å². The molecule has 0 spiro atoms. The van der Waals surface area contributed by atoms with Crippen molar-refractivity contribution in [1.29, 1.82) is 0 Å². The number of hydrogen-bond donors (Lipinski definition) is 3. The largest absolute Gasteiger partial charge is 0.376 e. The van der Waals surface area contributed by atoms with Crippen molar-refractivity contribution < 1.29 is 19.1 Å². The number of rotatable bonds is 7. The average Bonchev–Trinajstić information content (AvgIpc) is 3.30. The molecule has 3 heterocycles. The van der Waals surface area contributed by atoms with E-state index >= 15 is 0 Å². The van der Waals surface area contributed by atoms with E-state index < -0.39 is 6.04 Å². The van der Waals surface area contributed by atoms with Gasteiger partial charge in [0.1, 0.15) is 6.04 Å². The third-order valence-electron chi connectivity index (χ3n) is 5.56. The van der Waals surface area contributed by atoms with Gasteiger partial charge in [-0.05, 0) is 36.6 Å². The lowest BCUT2D eigenvalue weighted by Crippen LogP contribution is -2.52. The van der Waals surface area contributed by atoms with Gasteiger partial charge in [-0.3, -0.25) is 19.7 Å². The molecular weight excluding hydrogens is 360 g/mol. The number of fused-ring (bicyclic) bond motifs is 1. The zero-order valence-corrected chi connectivity index (χ0v) is 15.8. The summed E-state index contributed by atoms with van der Waals surface area (Å²) in [4.78, 5) is 37.7. The molecule has 3 aliphatic heterocycles. The van der Waals surface area contributed by atoms with Crippen LogP contribution in [0.25, 0.3) is 0 Å². The molecule has 0 bridgehead atoms. The number of ether oxygens (including phenoxy) is 1. The predicted octanol–water partition coefficient (Wildman–Crippen LogP) is -0.0843. The second kappa shape index (κ2) is 8.38. The summed E-state index contributed by atoms with van der Waals surface area (Å²) >= 11 is 0. The maximum Gasteiger partial charge on any atom is 0.255 e. The lowest BCUT2D eigenvalue weighted by atomic mass is 10.0. The number of benzene rings is 1. The van der Waals surface area contributed by atoms with Crippen LogP contribution in [0.2, 0.25) is 0 Å². The minimum Gasteiger partial charge on any atom is -0.376 e. The van der Waals surface area contributed by atoms with Crippen molar-refractivity contribution in [3.63, 3.8) is 0 Å².